The van der Waals surface area contributed by atoms with Crippen LogP contribution in [0.5, 0.6) is 0 Å². The van der Waals surface area contributed by atoms with Gasteiger partial charge in [0.15, 0.2) is 6.10 Å². The van der Waals surface area contributed by atoms with Crippen molar-refractivity contribution in [2.24, 2.45) is 0 Å². The number of esters is 2. The van der Waals surface area contributed by atoms with Gasteiger partial charge in [-0.2, -0.15) is 0 Å². The molecule has 422 valence electrons. The number of nitrogens with zero attached hydrogens (tertiary/aromatic N) is 1. The molecule has 0 spiro atoms. The predicted molar refractivity (Wildman–Crippen MR) is 317 cm³/mol. The van der Waals surface area contributed by atoms with E-state index in [1.54, 1.807) is 0 Å². The lowest BCUT2D eigenvalue weighted by atomic mass is 10.0. The van der Waals surface area contributed by atoms with Crippen molar-refractivity contribution in [2.45, 2.75) is 206 Å². The molecule has 0 saturated heterocycles. The quantitative estimate of drug-likeness (QED) is 0.0211. The van der Waals surface area contributed by atoms with E-state index in [4.69, 9.17) is 18.9 Å². The Kier molecular flexibility index (Phi) is 51.8. The summed E-state index contributed by atoms with van der Waals surface area (Å²) in [5.74, 6) is -2.09. The molecule has 0 aliphatic carbocycles. The second-order valence-electron chi connectivity index (χ2n) is 19.8. The molecule has 2 unspecified atom stereocenters. The van der Waals surface area contributed by atoms with Crippen molar-refractivity contribution in [1.82, 2.24) is 0 Å². The van der Waals surface area contributed by atoms with Gasteiger partial charge in [-0.3, -0.25) is 9.59 Å². The number of hydrogen-bond donors (Lipinski definition) is 1. The Morgan fingerprint density at radius 3 is 1.09 bits per heavy atom. The molecule has 0 amide bonds. The number of ether oxygens (including phenoxy) is 4. The first-order chi connectivity index (χ1) is 36.6. The minimum atomic E-state index is -1.53. The van der Waals surface area contributed by atoms with E-state index in [1.807, 2.05) is 21.1 Å². The molecule has 0 radical (unpaired) electrons. The number of carbonyl (C=O) groups is 3. The summed E-state index contributed by atoms with van der Waals surface area (Å²) in [6.45, 7) is 4.57. The maximum Gasteiger partial charge on any atom is 0.361 e. The monoisotopic (exact) mass is 1040 g/mol. The third kappa shape index (κ3) is 56.7. The number of likely N-dealkylation sites (N-methyl/N-ethyl adjacent to an activating group) is 1. The molecule has 0 bridgehead atoms. The SMILES string of the molecule is CC/C=C\C/C=C\C/C=C\C/C=C\C/C=C\C/C=C\CCCCCCCCCCCCC(=O)OC(COC(=O)CCCC/C=C\C/C=C\C/C=C\C/C=C\C/C=C\C/C=C\CC)COC(OCC[N+](C)(C)C)C(=O)O. The van der Waals surface area contributed by atoms with E-state index in [-0.39, 0.29) is 32.7 Å². The number of unbranched alkanes of at least 4 members (excludes halogenated alkanes) is 12. The van der Waals surface area contributed by atoms with Crippen molar-refractivity contribution in [1.29, 1.82) is 0 Å². The highest BCUT2D eigenvalue weighted by molar-refractivity contribution is 5.71. The molecule has 0 aromatic rings. The van der Waals surface area contributed by atoms with E-state index in [0.717, 1.165) is 116 Å². The molecular weight excluding hydrogens is 935 g/mol. The van der Waals surface area contributed by atoms with Gasteiger partial charge in [-0.05, 0) is 116 Å². The number of hydrogen-bond acceptors (Lipinski definition) is 7. The lowest BCUT2D eigenvalue weighted by Crippen LogP contribution is -2.40. The molecule has 0 aliphatic rings. The van der Waals surface area contributed by atoms with Gasteiger partial charge >= 0.3 is 17.9 Å². The standard InChI is InChI=1S/C66H105NO8/c1-6-8-10-12-14-16-18-20-22-24-26-28-29-30-31-32-33-34-35-37-39-41-43-45-47-49-51-53-55-57-64(69)75-62(61-74-66(65(70)71)72-59-58-67(3,4)5)60-73-63(68)56-54-52-50-48-46-44-42-40-38-36-27-25-23-21-19-17-15-13-11-9-7-2/h8-11,14-17,20-23,26-28,30-31,33-34,36,40,42,46,48,62,66H,6-7,12-13,18-19,24-25,29,32,35,37-39,41,43-45,47,49-61H2,1-5H3/p+1/b10-8-,11-9-,16-14-,17-15-,22-20-,23-21-,28-26-,31-30-,34-33-,36-27-,42-40-,48-46-. The van der Waals surface area contributed by atoms with E-state index in [0.29, 0.717) is 23.9 Å². The van der Waals surface area contributed by atoms with Crippen LogP contribution in [0.1, 0.15) is 194 Å². The van der Waals surface area contributed by atoms with Crippen molar-refractivity contribution < 1.29 is 42.9 Å². The van der Waals surface area contributed by atoms with Crippen LogP contribution in [0.2, 0.25) is 0 Å². The van der Waals surface area contributed by atoms with Gasteiger partial charge in [0.1, 0.15) is 13.2 Å². The molecule has 0 aliphatic heterocycles. The summed E-state index contributed by atoms with van der Waals surface area (Å²) >= 11 is 0. The van der Waals surface area contributed by atoms with Crippen molar-refractivity contribution in [3.8, 4) is 0 Å². The molecule has 75 heavy (non-hydrogen) atoms. The maximum atomic E-state index is 12.9. The van der Waals surface area contributed by atoms with E-state index in [9.17, 15) is 19.5 Å². The Hall–Kier alpha value is -4.83. The number of aliphatic carboxylic acids is 1. The number of carboxylic acid groups (broad SMARTS) is 1. The Morgan fingerprint density at radius 1 is 0.400 bits per heavy atom. The normalized spacial score (nSPS) is 13.9. The zero-order valence-electron chi connectivity index (χ0n) is 47.9. The fraction of sp³-hybridized carbons (Fsp3) is 0.591. The summed E-state index contributed by atoms with van der Waals surface area (Å²) in [7, 11) is 5.94. The van der Waals surface area contributed by atoms with Crippen LogP contribution in [0.25, 0.3) is 0 Å². The van der Waals surface area contributed by atoms with E-state index >= 15 is 0 Å². The van der Waals surface area contributed by atoms with Crippen LogP contribution in [-0.4, -0.2) is 87.4 Å². The summed E-state index contributed by atoms with van der Waals surface area (Å²) in [6.07, 6.45) is 77.8. The predicted octanol–water partition coefficient (Wildman–Crippen LogP) is 17.2. The fourth-order valence-electron chi connectivity index (χ4n) is 7.19. The molecule has 9 heteroatoms. The Balaban J connectivity index is 4.36. The minimum Gasteiger partial charge on any atom is -0.477 e. The molecule has 0 saturated carbocycles. The zero-order valence-corrected chi connectivity index (χ0v) is 47.9. The molecule has 0 heterocycles. The minimum absolute atomic E-state index is 0.171. The Morgan fingerprint density at radius 2 is 0.720 bits per heavy atom. The summed E-state index contributed by atoms with van der Waals surface area (Å²) in [5.41, 5.74) is 0. The fourth-order valence-corrected chi connectivity index (χ4v) is 7.19. The van der Waals surface area contributed by atoms with Crippen LogP contribution < -0.4 is 0 Å². The zero-order chi connectivity index (χ0) is 54.8. The van der Waals surface area contributed by atoms with Gasteiger partial charge in [0.25, 0.3) is 6.29 Å². The topological polar surface area (TPSA) is 108 Å². The van der Waals surface area contributed by atoms with Gasteiger partial charge in [-0.15, -0.1) is 0 Å². The van der Waals surface area contributed by atoms with Gasteiger partial charge in [0, 0.05) is 12.8 Å². The van der Waals surface area contributed by atoms with Crippen LogP contribution in [0, 0.1) is 0 Å². The Labute approximate surface area is 458 Å². The average molecular weight is 1040 g/mol. The lowest BCUT2D eigenvalue weighted by molar-refractivity contribution is -0.870. The molecule has 9 nitrogen and oxygen atoms in total. The van der Waals surface area contributed by atoms with Crippen molar-refractivity contribution in [3.63, 3.8) is 0 Å². The highest BCUT2D eigenvalue weighted by Crippen LogP contribution is 2.14. The number of quaternary nitrogens is 1. The molecule has 0 rings (SSSR count). The van der Waals surface area contributed by atoms with E-state index in [1.165, 1.54) is 38.5 Å². The van der Waals surface area contributed by atoms with Crippen LogP contribution >= 0.6 is 0 Å². The number of carbonyl (C=O) groups excluding carboxylic acids is 2. The summed E-state index contributed by atoms with van der Waals surface area (Å²) in [5, 5.41) is 9.70. The van der Waals surface area contributed by atoms with Gasteiger partial charge in [-0.25, -0.2) is 4.79 Å². The third-order valence-corrected chi connectivity index (χ3v) is 11.6. The van der Waals surface area contributed by atoms with Crippen molar-refractivity contribution >= 4 is 17.9 Å². The highest BCUT2D eigenvalue weighted by Gasteiger charge is 2.25. The third-order valence-electron chi connectivity index (χ3n) is 11.6. The van der Waals surface area contributed by atoms with Crippen LogP contribution in [0.15, 0.2) is 146 Å². The van der Waals surface area contributed by atoms with Gasteiger partial charge in [0.2, 0.25) is 0 Å². The van der Waals surface area contributed by atoms with Crippen LogP contribution in [0.3, 0.4) is 0 Å². The van der Waals surface area contributed by atoms with Gasteiger partial charge < -0.3 is 28.5 Å². The molecule has 1 N–H and O–H groups in total. The molecule has 2 atom stereocenters. The first-order valence-corrected chi connectivity index (χ1v) is 29.0. The van der Waals surface area contributed by atoms with E-state index in [2.05, 4.69) is 160 Å². The second-order valence-corrected chi connectivity index (χ2v) is 19.8. The smallest absolute Gasteiger partial charge is 0.361 e. The number of allylic oxidation sites excluding steroid dienone is 24. The molecule has 0 fully saturated rings. The first kappa shape index (κ1) is 70.2. The molecule has 0 aromatic carbocycles. The summed E-state index contributed by atoms with van der Waals surface area (Å²) in [4.78, 5) is 37.4. The van der Waals surface area contributed by atoms with E-state index < -0.39 is 30.3 Å². The first-order valence-electron chi connectivity index (χ1n) is 29.0. The van der Waals surface area contributed by atoms with Crippen LogP contribution in [0.4, 0.5) is 0 Å². The number of carboxylic acids is 1. The van der Waals surface area contributed by atoms with Crippen molar-refractivity contribution in [2.75, 3.05) is 47.5 Å². The average Bonchev–Trinajstić information content (AvgIpc) is 3.38. The van der Waals surface area contributed by atoms with Crippen molar-refractivity contribution in [3.05, 3.63) is 146 Å². The molecular formula is C66H106NO8+. The maximum absolute atomic E-state index is 12.9. The summed E-state index contributed by atoms with van der Waals surface area (Å²) < 4.78 is 22.8. The second kappa shape index (κ2) is 55.4. The van der Waals surface area contributed by atoms with Gasteiger partial charge in [-0.1, -0.05) is 211 Å². The van der Waals surface area contributed by atoms with Gasteiger partial charge in [0.05, 0.1) is 34.4 Å². The molecule has 0 aromatic heterocycles. The van der Waals surface area contributed by atoms with Crippen LogP contribution in [-0.2, 0) is 33.3 Å². The highest BCUT2D eigenvalue weighted by atomic mass is 16.7. The largest absolute Gasteiger partial charge is 0.477 e. The Bertz CT molecular complexity index is 1730. The number of rotatable bonds is 51. The lowest BCUT2D eigenvalue weighted by Gasteiger charge is -2.25. The summed E-state index contributed by atoms with van der Waals surface area (Å²) in [6, 6.07) is 0.